The van der Waals surface area contributed by atoms with Crippen molar-refractivity contribution in [1.82, 2.24) is 4.98 Å². The average Bonchev–Trinajstić information content (AvgIpc) is 2.67. The van der Waals surface area contributed by atoms with Gasteiger partial charge in [0.05, 0.1) is 17.9 Å². The molecule has 2 heterocycles. The van der Waals surface area contributed by atoms with Gasteiger partial charge < -0.3 is 10.0 Å². The van der Waals surface area contributed by atoms with Crippen molar-refractivity contribution < 1.29 is 14.3 Å². The molecule has 108 valence electrons. The lowest BCUT2D eigenvalue weighted by molar-refractivity contribution is 0.0982. The highest BCUT2D eigenvalue weighted by Gasteiger charge is 2.27. The smallest absolute Gasteiger partial charge is 0.261 e. The van der Waals surface area contributed by atoms with Crippen LogP contribution in [0.4, 0.5) is 10.1 Å². The Balaban J connectivity index is 2.04. The van der Waals surface area contributed by atoms with Crippen LogP contribution in [-0.2, 0) is 0 Å². The molecule has 0 saturated carbocycles. The molecular formula is C16H15FN2O2. The first kappa shape index (κ1) is 13.7. The molecule has 0 saturated heterocycles. The minimum absolute atomic E-state index is 0.00353. The van der Waals surface area contributed by atoms with Crippen LogP contribution in [0.25, 0.3) is 0 Å². The molecule has 1 aliphatic rings. The van der Waals surface area contributed by atoms with Crippen molar-refractivity contribution in [2.24, 2.45) is 0 Å². The van der Waals surface area contributed by atoms with E-state index < -0.39 is 17.8 Å². The van der Waals surface area contributed by atoms with Crippen LogP contribution in [-0.4, -0.2) is 22.5 Å². The fourth-order valence-electron chi connectivity index (χ4n) is 2.64. The number of amides is 1. The number of fused-ring (bicyclic) bond motifs is 1. The van der Waals surface area contributed by atoms with Crippen molar-refractivity contribution in [2.45, 2.75) is 18.9 Å². The van der Waals surface area contributed by atoms with Gasteiger partial charge >= 0.3 is 0 Å². The molecule has 0 fully saturated rings. The number of carbonyl (C=O) groups is 1. The van der Waals surface area contributed by atoms with Crippen molar-refractivity contribution in [3.8, 4) is 0 Å². The monoisotopic (exact) mass is 286 g/mol. The average molecular weight is 286 g/mol. The standard InChI is InChI=1S/C16H15FN2O2/c17-13-10-18-8-7-11(13)16(21)19-9-3-6-15(20)12-4-1-2-5-14(12)19/h1-2,4-5,7-8,10,15,20H,3,6,9H2. The van der Waals surface area contributed by atoms with Gasteiger partial charge in [0.1, 0.15) is 0 Å². The van der Waals surface area contributed by atoms with E-state index in [-0.39, 0.29) is 5.56 Å². The maximum absolute atomic E-state index is 13.8. The zero-order chi connectivity index (χ0) is 14.8. The molecule has 5 heteroatoms. The summed E-state index contributed by atoms with van der Waals surface area (Å²) in [5.74, 6) is -1.04. The second-order valence-electron chi connectivity index (χ2n) is 5.03. The molecule has 2 aromatic rings. The number of para-hydroxylation sites is 1. The fourth-order valence-corrected chi connectivity index (χ4v) is 2.64. The highest BCUT2D eigenvalue weighted by atomic mass is 19.1. The van der Waals surface area contributed by atoms with Crippen LogP contribution >= 0.6 is 0 Å². The van der Waals surface area contributed by atoms with Gasteiger partial charge in [-0.15, -0.1) is 0 Å². The largest absolute Gasteiger partial charge is 0.388 e. The number of hydrogen-bond acceptors (Lipinski definition) is 3. The Morgan fingerprint density at radius 3 is 2.95 bits per heavy atom. The van der Waals surface area contributed by atoms with Crippen molar-refractivity contribution in [2.75, 3.05) is 11.4 Å². The quantitative estimate of drug-likeness (QED) is 0.877. The molecule has 1 aromatic heterocycles. The van der Waals surface area contributed by atoms with Gasteiger partial charge in [0.15, 0.2) is 5.82 Å². The number of aliphatic hydroxyl groups is 1. The van der Waals surface area contributed by atoms with Crippen molar-refractivity contribution >= 4 is 11.6 Å². The Morgan fingerprint density at radius 2 is 2.14 bits per heavy atom. The van der Waals surface area contributed by atoms with E-state index >= 15 is 0 Å². The zero-order valence-electron chi connectivity index (χ0n) is 11.4. The van der Waals surface area contributed by atoms with Gasteiger partial charge in [-0.05, 0) is 25.0 Å². The molecule has 21 heavy (non-hydrogen) atoms. The summed E-state index contributed by atoms with van der Waals surface area (Å²) in [4.78, 5) is 17.8. The number of hydrogen-bond donors (Lipinski definition) is 1. The summed E-state index contributed by atoms with van der Waals surface area (Å²) in [6.45, 7) is 0.453. The van der Waals surface area contributed by atoms with Crippen LogP contribution in [0, 0.1) is 5.82 Å². The van der Waals surface area contributed by atoms with Gasteiger partial charge in [-0.25, -0.2) is 4.39 Å². The minimum atomic E-state index is -0.634. The molecule has 1 aromatic carbocycles. The van der Waals surface area contributed by atoms with Crippen LogP contribution in [0.1, 0.15) is 34.9 Å². The SMILES string of the molecule is O=C(c1ccncc1F)N1CCCC(O)c2ccccc21. The van der Waals surface area contributed by atoms with Crippen LogP contribution in [0.15, 0.2) is 42.7 Å². The highest BCUT2D eigenvalue weighted by molar-refractivity contribution is 6.06. The van der Waals surface area contributed by atoms with E-state index in [1.165, 1.54) is 17.2 Å². The second-order valence-corrected chi connectivity index (χ2v) is 5.03. The summed E-state index contributed by atoms with van der Waals surface area (Å²) in [5, 5.41) is 10.1. The first-order valence-electron chi connectivity index (χ1n) is 6.87. The lowest BCUT2D eigenvalue weighted by atomic mass is 10.0. The van der Waals surface area contributed by atoms with Gasteiger partial charge in [0.2, 0.25) is 0 Å². The third-order valence-electron chi connectivity index (χ3n) is 3.69. The van der Waals surface area contributed by atoms with Gasteiger partial charge in [-0.1, -0.05) is 18.2 Å². The summed E-state index contributed by atoms with van der Waals surface area (Å²) < 4.78 is 13.8. The van der Waals surface area contributed by atoms with Gasteiger partial charge in [-0.2, -0.15) is 0 Å². The lowest BCUT2D eigenvalue weighted by Crippen LogP contribution is -2.32. The molecule has 0 spiro atoms. The van der Waals surface area contributed by atoms with Crippen molar-refractivity contribution in [3.63, 3.8) is 0 Å². The molecule has 1 atom stereocenters. The molecule has 0 radical (unpaired) electrons. The number of carbonyl (C=O) groups excluding carboxylic acids is 1. The van der Waals surface area contributed by atoms with Crippen LogP contribution < -0.4 is 4.90 Å². The normalized spacial score (nSPS) is 18.0. The fraction of sp³-hybridized carbons (Fsp3) is 0.250. The highest BCUT2D eigenvalue weighted by Crippen LogP contribution is 2.33. The minimum Gasteiger partial charge on any atom is -0.388 e. The molecular weight excluding hydrogens is 271 g/mol. The van der Waals surface area contributed by atoms with E-state index in [4.69, 9.17) is 0 Å². The van der Waals surface area contributed by atoms with Crippen LogP contribution in [0.5, 0.6) is 0 Å². The van der Waals surface area contributed by atoms with Crippen molar-refractivity contribution in [3.05, 3.63) is 59.7 Å². The molecule has 1 unspecified atom stereocenters. The zero-order valence-corrected chi connectivity index (χ0v) is 11.4. The third-order valence-corrected chi connectivity index (χ3v) is 3.69. The summed E-state index contributed by atoms with van der Waals surface area (Å²) in [6, 6.07) is 8.58. The number of anilines is 1. The van der Waals surface area contributed by atoms with E-state index in [0.29, 0.717) is 30.6 Å². The Hall–Kier alpha value is -2.27. The Morgan fingerprint density at radius 1 is 1.33 bits per heavy atom. The van der Waals surface area contributed by atoms with Gasteiger partial charge in [0.25, 0.3) is 5.91 Å². The van der Waals surface area contributed by atoms with E-state index in [9.17, 15) is 14.3 Å². The number of benzene rings is 1. The predicted molar refractivity (Wildman–Crippen MR) is 76.5 cm³/mol. The van der Waals surface area contributed by atoms with Gasteiger partial charge in [0, 0.05) is 24.0 Å². The molecule has 4 nitrogen and oxygen atoms in total. The van der Waals surface area contributed by atoms with Crippen molar-refractivity contribution in [1.29, 1.82) is 0 Å². The molecule has 0 bridgehead atoms. The molecule has 0 aliphatic carbocycles. The summed E-state index contributed by atoms with van der Waals surface area (Å²) in [5.41, 5.74) is 1.35. The molecule has 1 aliphatic heterocycles. The maximum Gasteiger partial charge on any atom is 0.261 e. The second kappa shape index (κ2) is 5.61. The van der Waals surface area contributed by atoms with Crippen LogP contribution in [0.3, 0.4) is 0 Å². The van der Waals surface area contributed by atoms with E-state index in [2.05, 4.69) is 4.98 Å². The molecule has 3 rings (SSSR count). The number of halogens is 1. The Bertz CT molecular complexity index is 675. The summed E-state index contributed by atoms with van der Waals surface area (Å²) in [6.07, 6.45) is 3.08. The number of aromatic nitrogens is 1. The third kappa shape index (κ3) is 2.52. The first-order chi connectivity index (χ1) is 10.2. The lowest BCUT2D eigenvalue weighted by Gasteiger charge is -2.23. The first-order valence-corrected chi connectivity index (χ1v) is 6.87. The predicted octanol–water partition coefficient (Wildman–Crippen LogP) is 2.69. The van der Waals surface area contributed by atoms with E-state index in [1.54, 1.807) is 18.2 Å². The Labute approximate surface area is 121 Å². The number of aliphatic hydroxyl groups excluding tert-OH is 1. The van der Waals surface area contributed by atoms with E-state index in [0.717, 1.165) is 6.20 Å². The number of nitrogens with zero attached hydrogens (tertiary/aromatic N) is 2. The topological polar surface area (TPSA) is 53.4 Å². The van der Waals surface area contributed by atoms with Gasteiger partial charge in [-0.3, -0.25) is 9.78 Å². The molecule has 1 amide bonds. The summed E-state index contributed by atoms with van der Waals surface area (Å²) in [7, 11) is 0. The van der Waals surface area contributed by atoms with E-state index in [1.807, 2.05) is 6.07 Å². The number of rotatable bonds is 1. The number of pyridine rings is 1. The molecule has 1 N–H and O–H groups in total. The maximum atomic E-state index is 13.8. The van der Waals surface area contributed by atoms with Crippen LogP contribution in [0.2, 0.25) is 0 Å². The summed E-state index contributed by atoms with van der Waals surface area (Å²) >= 11 is 0. The Kier molecular flexibility index (Phi) is 3.66.